The van der Waals surface area contributed by atoms with E-state index in [0.29, 0.717) is 23.9 Å². The summed E-state index contributed by atoms with van der Waals surface area (Å²) in [6.07, 6.45) is 51.7. The average molecular weight is 896 g/mol. The number of carbonyl (C=O) groups excluding carboxylic acids is 2. The SMILES string of the molecule is CCCCC/C=C\C/C=C\C/C=C\CCCCCCC(=O)OC[C@H](COP(=O)([O-])OCC[N+](C)(C)C)OC(=O)CCCCCCCCCCCCCCCCCCCCCCC. The molecule has 0 radical (unpaired) electrons. The van der Waals surface area contributed by atoms with E-state index in [4.69, 9.17) is 18.5 Å². The summed E-state index contributed by atoms with van der Waals surface area (Å²) in [7, 11) is 1.16. The molecule has 0 aliphatic carbocycles. The largest absolute Gasteiger partial charge is 0.756 e. The second-order valence-electron chi connectivity index (χ2n) is 18.5. The van der Waals surface area contributed by atoms with Gasteiger partial charge < -0.3 is 27.9 Å². The van der Waals surface area contributed by atoms with E-state index in [1.165, 1.54) is 141 Å². The molecule has 0 heterocycles. The summed E-state index contributed by atoms with van der Waals surface area (Å²) in [5, 5.41) is 0. The predicted molar refractivity (Wildman–Crippen MR) is 259 cm³/mol. The van der Waals surface area contributed by atoms with Gasteiger partial charge in [0.15, 0.2) is 6.10 Å². The minimum Gasteiger partial charge on any atom is -0.756 e. The molecule has 0 aliphatic heterocycles. The first-order valence-corrected chi connectivity index (χ1v) is 27.2. The summed E-state index contributed by atoms with van der Waals surface area (Å²) < 4.78 is 34.0. The summed E-state index contributed by atoms with van der Waals surface area (Å²) >= 11 is 0. The van der Waals surface area contributed by atoms with E-state index < -0.39 is 32.5 Å². The summed E-state index contributed by atoms with van der Waals surface area (Å²) in [5.41, 5.74) is 0. The quantitative estimate of drug-likeness (QED) is 0.0195. The number of rotatable bonds is 47. The Balaban J connectivity index is 4.26. The third kappa shape index (κ3) is 47.7. The van der Waals surface area contributed by atoms with Crippen LogP contribution in [0.25, 0.3) is 0 Å². The molecule has 2 atom stereocenters. The molecule has 0 aromatic heterocycles. The Kier molecular flexibility index (Phi) is 43.2. The number of phosphoric acid groups is 1. The number of carbonyl (C=O) groups is 2. The van der Waals surface area contributed by atoms with Crippen molar-refractivity contribution >= 4 is 19.8 Å². The van der Waals surface area contributed by atoms with Crippen LogP contribution < -0.4 is 4.89 Å². The lowest BCUT2D eigenvalue weighted by molar-refractivity contribution is -0.870. The maximum atomic E-state index is 12.7. The van der Waals surface area contributed by atoms with Gasteiger partial charge in [-0.25, -0.2) is 0 Å². The molecular formula is C52H98NO8P. The van der Waals surface area contributed by atoms with Gasteiger partial charge >= 0.3 is 11.9 Å². The van der Waals surface area contributed by atoms with E-state index in [-0.39, 0.29) is 26.1 Å². The second-order valence-corrected chi connectivity index (χ2v) is 20.0. The normalized spacial score (nSPS) is 13.7. The number of unbranched alkanes of at least 4 members (excludes halogenated alkanes) is 27. The number of esters is 2. The zero-order valence-electron chi connectivity index (χ0n) is 41.1. The Morgan fingerprint density at radius 2 is 0.871 bits per heavy atom. The van der Waals surface area contributed by atoms with E-state index in [1.54, 1.807) is 0 Å². The van der Waals surface area contributed by atoms with E-state index in [2.05, 4.69) is 50.3 Å². The molecule has 0 fully saturated rings. The van der Waals surface area contributed by atoms with Gasteiger partial charge in [-0.2, -0.15) is 0 Å². The fourth-order valence-corrected chi connectivity index (χ4v) is 7.86. The molecule has 364 valence electrons. The van der Waals surface area contributed by atoms with Crippen LogP contribution in [0.1, 0.15) is 232 Å². The molecule has 0 amide bonds. The molecule has 0 rings (SSSR count). The Hall–Kier alpha value is -1.77. The van der Waals surface area contributed by atoms with Gasteiger partial charge in [-0.3, -0.25) is 14.2 Å². The van der Waals surface area contributed by atoms with Crippen LogP contribution in [-0.2, 0) is 32.7 Å². The van der Waals surface area contributed by atoms with Crippen molar-refractivity contribution in [3.8, 4) is 0 Å². The fraction of sp³-hybridized carbons (Fsp3) is 0.846. The molecule has 0 N–H and O–H groups in total. The number of hydrogen-bond donors (Lipinski definition) is 0. The zero-order chi connectivity index (χ0) is 45.7. The maximum absolute atomic E-state index is 12.7. The van der Waals surface area contributed by atoms with Gasteiger partial charge in [0.25, 0.3) is 7.82 Å². The van der Waals surface area contributed by atoms with E-state index in [1.807, 2.05) is 21.1 Å². The predicted octanol–water partition coefficient (Wildman–Crippen LogP) is 14.6. The lowest BCUT2D eigenvalue weighted by atomic mass is 10.0. The highest BCUT2D eigenvalue weighted by molar-refractivity contribution is 7.45. The van der Waals surface area contributed by atoms with Crippen LogP contribution in [0.15, 0.2) is 36.5 Å². The monoisotopic (exact) mass is 896 g/mol. The van der Waals surface area contributed by atoms with Gasteiger partial charge in [0.2, 0.25) is 0 Å². The van der Waals surface area contributed by atoms with Crippen molar-refractivity contribution in [3.05, 3.63) is 36.5 Å². The van der Waals surface area contributed by atoms with Crippen molar-refractivity contribution in [2.24, 2.45) is 0 Å². The first-order valence-electron chi connectivity index (χ1n) is 25.7. The lowest BCUT2D eigenvalue weighted by Gasteiger charge is -2.28. The van der Waals surface area contributed by atoms with Crippen LogP contribution in [0, 0.1) is 0 Å². The van der Waals surface area contributed by atoms with Crippen molar-refractivity contribution in [2.45, 2.75) is 238 Å². The van der Waals surface area contributed by atoms with Gasteiger partial charge in [0.1, 0.15) is 19.8 Å². The van der Waals surface area contributed by atoms with Crippen LogP contribution in [0.2, 0.25) is 0 Å². The number of likely N-dealkylation sites (N-methyl/N-ethyl adjacent to an activating group) is 1. The first kappa shape index (κ1) is 60.2. The van der Waals surface area contributed by atoms with Gasteiger partial charge in [0.05, 0.1) is 27.7 Å². The molecular weight excluding hydrogens is 798 g/mol. The molecule has 0 bridgehead atoms. The highest BCUT2D eigenvalue weighted by Crippen LogP contribution is 2.38. The van der Waals surface area contributed by atoms with Crippen molar-refractivity contribution in [1.82, 2.24) is 0 Å². The van der Waals surface area contributed by atoms with Gasteiger partial charge in [-0.05, 0) is 51.4 Å². The third-order valence-electron chi connectivity index (χ3n) is 11.2. The van der Waals surface area contributed by atoms with E-state index in [0.717, 1.165) is 51.4 Å². The zero-order valence-corrected chi connectivity index (χ0v) is 42.0. The fourth-order valence-electron chi connectivity index (χ4n) is 7.13. The minimum absolute atomic E-state index is 0.0335. The molecule has 0 saturated heterocycles. The summed E-state index contributed by atoms with van der Waals surface area (Å²) in [6.45, 7) is 4.21. The Bertz CT molecular complexity index is 1150. The first-order chi connectivity index (χ1) is 30.0. The van der Waals surface area contributed by atoms with Gasteiger partial charge in [0, 0.05) is 12.8 Å². The summed E-state index contributed by atoms with van der Waals surface area (Å²) in [4.78, 5) is 37.7. The molecule has 1 unspecified atom stereocenters. The van der Waals surface area contributed by atoms with Crippen LogP contribution in [0.4, 0.5) is 0 Å². The summed E-state index contributed by atoms with van der Waals surface area (Å²) in [5.74, 6) is -0.850. The van der Waals surface area contributed by atoms with Crippen LogP contribution >= 0.6 is 7.82 Å². The molecule has 0 saturated carbocycles. The van der Waals surface area contributed by atoms with Crippen LogP contribution in [0.3, 0.4) is 0 Å². The van der Waals surface area contributed by atoms with Crippen molar-refractivity contribution in [3.63, 3.8) is 0 Å². The lowest BCUT2D eigenvalue weighted by Crippen LogP contribution is -2.37. The van der Waals surface area contributed by atoms with Gasteiger partial charge in [-0.1, -0.05) is 204 Å². The van der Waals surface area contributed by atoms with Crippen LogP contribution in [0.5, 0.6) is 0 Å². The van der Waals surface area contributed by atoms with Gasteiger partial charge in [-0.15, -0.1) is 0 Å². The highest BCUT2D eigenvalue weighted by atomic mass is 31.2. The highest BCUT2D eigenvalue weighted by Gasteiger charge is 2.21. The number of allylic oxidation sites excluding steroid dienone is 6. The molecule has 0 aromatic carbocycles. The average Bonchev–Trinajstić information content (AvgIpc) is 3.23. The van der Waals surface area contributed by atoms with Crippen molar-refractivity contribution in [2.75, 3.05) is 47.5 Å². The molecule has 0 aliphatic rings. The van der Waals surface area contributed by atoms with E-state index in [9.17, 15) is 19.0 Å². The Labute approximate surface area is 382 Å². The Morgan fingerprint density at radius 3 is 1.32 bits per heavy atom. The number of quaternary nitrogens is 1. The Morgan fingerprint density at radius 1 is 0.500 bits per heavy atom. The third-order valence-corrected chi connectivity index (χ3v) is 12.1. The maximum Gasteiger partial charge on any atom is 0.306 e. The molecule has 10 heteroatoms. The van der Waals surface area contributed by atoms with Crippen molar-refractivity contribution < 1.29 is 42.1 Å². The smallest absolute Gasteiger partial charge is 0.306 e. The van der Waals surface area contributed by atoms with Crippen molar-refractivity contribution in [1.29, 1.82) is 0 Å². The topological polar surface area (TPSA) is 111 Å². The number of nitrogens with zero attached hydrogens (tertiary/aromatic N) is 1. The van der Waals surface area contributed by atoms with E-state index >= 15 is 0 Å². The molecule has 9 nitrogen and oxygen atoms in total. The number of phosphoric ester groups is 1. The minimum atomic E-state index is -4.63. The summed E-state index contributed by atoms with van der Waals surface area (Å²) in [6, 6.07) is 0. The second kappa shape index (κ2) is 44.4. The van der Waals surface area contributed by atoms with Crippen LogP contribution in [-0.4, -0.2) is 70.0 Å². The molecule has 0 aromatic rings. The molecule has 62 heavy (non-hydrogen) atoms. The molecule has 0 spiro atoms. The number of ether oxygens (including phenoxy) is 2. The standard InChI is InChI=1S/C52H98NO8P/c1-6-8-10-12-14-16-18-20-22-24-25-26-27-29-31-33-35-37-39-41-43-45-52(55)61-50(49-60-62(56,57)59-47-46-53(3,4)5)48-58-51(54)44-42-40-38-36-34-32-30-28-23-21-19-17-15-13-11-9-7-2/h15,17,21,23,30,32,50H,6-14,16,18-20,22,24-29,31,33-49H2,1-5H3/b17-15-,23-21-,32-30-/t50-/m1/s1. The number of hydrogen-bond acceptors (Lipinski definition) is 8.